The van der Waals surface area contributed by atoms with Gasteiger partial charge in [0, 0.05) is 38.1 Å². The van der Waals surface area contributed by atoms with Crippen molar-refractivity contribution in [1.82, 2.24) is 14.7 Å². The fourth-order valence-corrected chi connectivity index (χ4v) is 2.84. The fourth-order valence-electron chi connectivity index (χ4n) is 2.84. The lowest BCUT2D eigenvalue weighted by Gasteiger charge is -2.23. The molecule has 3 aromatic rings. The first-order valence-corrected chi connectivity index (χ1v) is 8.21. The number of likely N-dealkylation sites (N-methyl/N-ethyl adjacent to an activating group) is 1. The van der Waals surface area contributed by atoms with Gasteiger partial charge in [0.1, 0.15) is 5.65 Å². The second kappa shape index (κ2) is 7.29. The zero-order valence-electron chi connectivity index (χ0n) is 13.9. The van der Waals surface area contributed by atoms with Crippen molar-refractivity contribution in [1.29, 1.82) is 0 Å². The Morgan fingerprint density at radius 1 is 1.17 bits per heavy atom. The van der Waals surface area contributed by atoms with Gasteiger partial charge in [-0.05, 0) is 43.7 Å². The van der Waals surface area contributed by atoms with E-state index in [-0.39, 0.29) is 0 Å². The summed E-state index contributed by atoms with van der Waals surface area (Å²) in [6.45, 7) is 8.13. The zero-order chi connectivity index (χ0) is 16.1. The van der Waals surface area contributed by atoms with Crippen LogP contribution in [0.2, 0.25) is 0 Å². The minimum absolute atomic E-state index is 0.830. The molecule has 0 unspecified atom stereocenters. The van der Waals surface area contributed by atoms with Crippen molar-refractivity contribution in [2.75, 3.05) is 24.5 Å². The van der Waals surface area contributed by atoms with Gasteiger partial charge in [0.15, 0.2) is 0 Å². The van der Waals surface area contributed by atoms with E-state index in [0.717, 1.165) is 31.8 Å². The Bertz CT molecular complexity index is 763. The molecule has 23 heavy (non-hydrogen) atoms. The summed E-state index contributed by atoms with van der Waals surface area (Å²) in [5, 5.41) is 3.53. The Labute approximate surface area is 137 Å². The zero-order valence-corrected chi connectivity index (χ0v) is 13.9. The third-order valence-electron chi connectivity index (χ3n) is 4.11. The van der Waals surface area contributed by atoms with Crippen molar-refractivity contribution < 1.29 is 0 Å². The van der Waals surface area contributed by atoms with Crippen LogP contribution in [0.25, 0.3) is 5.65 Å². The highest BCUT2D eigenvalue weighted by molar-refractivity contribution is 5.48. The number of benzene rings is 1. The Kier molecular flexibility index (Phi) is 4.93. The van der Waals surface area contributed by atoms with E-state index in [1.54, 1.807) is 0 Å². The summed E-state index contributed by atoms with van der Waals surface area (Å²) < 4.78 is 2.13. The van der Waals surface area contributed by atoms with Crippen molar-refractivity contribution in [3.05, 3.63) is 66.1 Å². The van der Waals surface area contributed by atoms with Crippen LogP contribution >= 0.6 is 0 Å². The second-order valence-electron chi connectivity index (χ2n) is 5.77. The van der Waals surface area contributed by atoms with Crippen molar-refractivity contribution in [2.24, 2.45) is 0 Å². The molecule has 0 aliphatic carbocycles. The van der Waals surface area contributed by atoms with Gasteiger partial charge in [0.25, 0.3) is 0 Å². The number of hydrogen-bond donors (Lipinski definition) is 1. The monoisotopic (exact) mass is 308 g/mol. The first-order valence-electron chi connectivity index (χ1n) is 8.21. The van der Waals surface area contributed by atoms with Crippen LogP contribution in [0.5, 0.6) is 0 Å². The molecule has 2 heterocycles. The van der Waals surface area contributed by atoms with E-state index < -0.39 is 0 Å². The molecule has 0 fully saturated rings. The van der Waals surface area contributed by atoms with Crippen LogP contribution in [0.3, 0.4) is 0 Å². The first-order chi connectivity index (χ1) is 11.3. The van der Waals surface area contributed by atoms with Crippen molar-refractivity contribution in [3.63, 3.8) is 0 Å². The van der Waals surface area contributed by atoms with E-state index in [4.69, 9.17) is 0 Å². The van der Waals surface area contributed by atoms with Crippen molar-refractivity contribution >= 4 is 11.3 Å². The number of fused-ring (bicyclic) bond motifs is 1. The average molecular weight is 308 g/mol. The molecule has 3 rings (SSSR count). The van der Waals surface area contributed by atoms with Crippen LogP contribution in [0, 0.1) is 6.92 Å². The lowest BCUT2D eigenvalue weighted by molar-refractivity contribution is 0.653. The molecule has 0 radical (unpaired) electrons. The molecule has 0 atom stereocenters. The van der Waals surface area contributed by atoms with E-state index >= 15 is 0 Å². The standard InChI is InChI=1S/C19H24N4/c1-3-22(17-8-6-7-16(2)13-17)12-10-20-14-18-15-21-19-9-4-5-11-23(18)19/h4-9,11,13,15,20H,3,10,12,14H2,1-2H3. The molecular weight excluding hydrogens is 284 g/mol. The lowest BCUT2D eigenvalue weighted by atomic mass is 10.2. The molecule has 1 aromatic carbocycles. The molecule has 0 amide bonds. The summed E-state index contributed by atoms with van der Waals surface area (Å²) in [5.41, 5.74) is 4.79. The van der Waals surface area contributed by atoms with E-state index in [2.05, 4.69) is 63.9 Å². The van der Waals surface area contributed by atoms with Gasteiger partial charge in [-0.3, -0.25) is 0 Å². The third kappa shape index (κ3) is 3.71. The number of nitrogens with one attached hydrogen (secondary N) is 1. The first kappa shape index (κ1) is 15.6. The molecule has 2 aromatic heterocycles. The van der Waals surface area contributed by atoms with Gasteiger partial charge < -0.3 is 14.6 Å². The Balaban J connectivity index is 1.54. The number of anilines is 1. The maximum Gasteiger partial charge on any atom is 0.136 e. The third-order valence-corrected chi connectivity index (χ3v) is 4.11. The quantitative estimate of drug-likeness (QED) is 0.680. The van der Waals surface area contributed by atoms with E-state index in [0.29, 0.717) is 0 Å². The predicted molar refractivity (Wildman–Crippen MR) is 96.0 cm³/mol. The van der Waals surface area contributed by atoms with Crippen LogP contribution in [0.15, 0.2) is 54.9 Å². The summed E-state index contributed by atoms with van der Waals surface area (Å²) in [7, 11) is 0. The van der Waals surface area contributed by atoms with Gasteiger partial charge in [0.2, 0.25) is 0 Å². The van der Waals surface area contributed by atoms with Crippen LogP contribution in [0.4, 0.5) is 5.69 Å². The summed E-state index contributed by atoms with van der Waals surface area (Å²) in [4.78, 5) is 6.82. The van der Waals surface area contributed by atoms with Gasteiger partial charge in [-0.2, -0.15) is 0 Å². The molecule has 0 bridgehead atoms. The molecule has 120 valence electrons. The number of nitrogens with zero attached hydrogens (tertiary/aromatic N) is 3. The van der Waals surface area contributed by atoms with Gasteiger partial charge in [-0.1, -0.05) is 18.2 Å². The molecular formula is C19H24N4. The SMILES string of the molecule is CCN(CCNCc1cnc2ccccn12)c1cccc(C)c1. The normalized spacial score (nSPS) is 11.0. The van der Waals surface area contributed by atoms with Crippen LogP contribution < -0.4 is 10.2 Å². The van der Waals surface area contributed by atoms with E-state index in [9.17, 15) is 0 Å². The lowest BCUT2D eigenvalue weighted by Crippen LogP contribution is -2.32. The maximum atomic E-state index is 4.42. The van der Waals surface area contributed by atoms with E-state index in [1.807, 2.05) is 24.4 Å². The summed E-state index contributed by atoms with van der Waals surface area (Å²) in [6.07, 6.45) is 4.00. The molecule has 0 aliphatic heterocycles. The smallest absolute Gasteiger partial charge is 0.136 e. The maximum absolute atomic E-state index is 4.42. The minimum Gasteiger partial charge on any atom is -0.371 e. The Morgan fingerprint density at radius 3 is 2.91 bits per heavy atom. The molecule has 0 saturated carbocycles. The second-order valence-corrected chi connectivity index (χ2v) is 5.77. The molecule has 0 aliphatic rings. The van der Waals surface area contributed by atoms with Crippen LogP contribution in [-0.2, 0) is 6.54 Å². The molecule has 4 heteroatoms. The topological polar surface area (TPSA) is 32.6 Å². The summed E-state index contributed by atoms with van der Waals surface area (Å²) >= 11 is 0. The number of hydrogen-bond acceptors (Lipinski definition) is 3. The predicted octanol–water partition coefficient (Wildman–Crippen LogP) is 3.26. The molecule has 0 saturated heterocycles. The highest BCUT2D eigenvalue weighted by Crippen LogP contribution is 2.15. The van der Waals surface area contributed by atoms with Gasteiger partial charge >= 0.3 is 0 Å². The molecule has 4 nitrogen and oxygen atoms in total. The van der Waals surface area contributed by atoms with Gasteiger partial charge in [-0.25, -0.2) is 4.98 Å². The molecule has 1 N–H and O–H groups in total. The Morgan fingerprint density at radius 2 is 2.09 bits per heavy atom. The van der Waals surface area contributed by atoms with E-state index in [1.165, 1.54) is 16.9 Å². The fraction of sp³-hybridized carbons (Fsp3) is 0.316. The Hall–Kier alpha value is -2.33. The molecule has 0 spiro atoms. The highest BCUT2D eigenvalue weighted by Gasteiger charge is 2.05. The largest absolute Gasteiger partial charge is 0.371 e. The minimum atomic E-state index is 0.830. The van der Waals surface area contributed by atoms with Crippen molar-refractivity contribution in [3.8, 4) is 0 Å². The number of aryl methyl sites for hydroxylation is 1. The van der Waals surface area contributed by atoms with Crippen LogP contribution in [-0.4, -0.2) is 29.0 Å². The number of imidazole rings is 1. The number of rotatable bonds is 7. The van der Waals surface area contributed by atoms with Gasteiger partial charge in [-0.15, -0.1) is 0 Å². The highest BCUT2D eigenvalue weighted by atomic mass is 15.1. The van der Waals surface area contributed by atoms with Crippen molar-refractivity contribution in [2.45, 2.75) is 20.4 Å². The number of pyridine rings is 1. The van der Waals surface area contributed by atoms with Crippen LogP contribution in [0.1, 0.15) is 18.2 Å². The van der Waals surface area contributed by atoms with Gasteiger partial charge in [0.05, 0.1) is 11.9 Å². The summed E-state index contributed by atoms with van der Waals surface area (Å²) in [5.74, 6) is 0. The summed E-state index contributed by atoms with van der Waals surface area (Å²) in [6, 6.07) is 14.8. The number of aromatic nitrogens is 2. The average Bonchev–Trinajstić information content (AvgIpc) is 2.98.